The fourth-order valence-corrected chi connectivity index (χ4v) is 4.72. The molecule has 0 spiro atoms. The van der Waals surface area contributed by atoms with Gasteiger partial charge in [0.2, 0.25) is 0 Å². The van der Waals surface area contributed by atoms with Crippen molar-refractivity contribution in [1.29, 1.82) is 5.26 Å². The first-order valence-corrected chi connectivity index (χ1v) is 9.29. The van der Waals surface area contributed by atoms with E-state index in [1.807, 2.05) is 0 Å². The largest absolute Gasteiger partial charge is 0.204 e. The smallest absolute Gasteiger partial charge is 0.196 e. The van der Waals surface area contributed by atoms with Gasteiger partial charge in [-0.05, 0) is 98.8 Å². The van der Waals surface area contributed by atoms with E-state index < -0.39 is 17.5 Å². The molecule has 0 heterocycles. The zero-order chi connectivity index (χ0) is 17.8. The summed E-state index contributed by atoms with van der Waals surface area (Å²) in [4.78, 5) is 0. The van der Waals surface area contributed by atoms with E-state index in [0.717, 1.165) is 56.9 Å². The molecule has 0 aromatic heterocycles. The molecule has 2 fully saturated rings. The molecule has 4 heteroatoms. The van der Waals surface area contributed by atoms with Crippen LogP contribution in [0.1, 0.15) is 62.8 Å². The molecule has 25 heavy (non-hydrogen) atoms. The number of hydrogen-bond donors (Lipinski definition) is 0. The van der Waals surface area contributed by atoms with Crippen LogP contribution in [-0.2, 0) is 0 Å². The zero-order valence-electron chi connectivity index (χ0n) is 14.4. The SMILES string of the molecule is N#C/C(F)=C/C1CCC(C2CCC(c3ccc(F)c(F)c3)CC2)CC1. The molecule has 3 rings (SSSR count). The number of hydrogen-bond acceptors (Lipinski definition) is 1. The average Bonchev–Trinajstić information content (AvgIpc) is 2.65. The van der Waals surface area contributed by atoms with E-state index in [1.165, 1.54) is 18.2 Å². The van der Waals surface area contributed by atoms with E-state index in [1.54, 1.807) is 12.1 Å². The molecule has 0 atom stereocenters. The Kier molecular flexibility index (Phi) is 5.83. The lowest BCUT2D eigenvalue weighted by Crippen LogP contribution is -2.25. The molecule has 1 nitrogen and oxygen atoms in total. The van der Waals surface area contributed by atoms with Gasteiger partial charge in [0.1, 0.15) is 6.07 Å². The van der Waals surface area contributed by atoms with Crippen LogP contribution < -0.4 is 0 Å². The second-order valence-electron chi connectivity index (χ2n) is 7.59. The monoisotopic (exact) mass is 347 g/mol. The first kappa shape index (κ1) is 18.0. The van der Waals surface area contributed by atoms with Crippen molar-refractivity contribution in [3.63, 3.8) is 0 Å². The van der Waals surface area contributed by atoms with Crippen LogP contribution in [0.4, 0.5) is 13.2 Å². The van der Waals surface area contributed by atoms with Crippen LogP contribution in [0.5, 0.6) is 0 Å². The van der Waals surface area contributed by atoms with Crippen LogP contribution in [-0.4, -0.2) is 0 Å². The van der Waals surface area contributed by atoms with E-state index in [-0.39, 0.29) is 5.92 Å². The summed E-state index contributed by atoms with van der Waals surface area (Å²) in [6.45, 7) is 0. The summed E-state index contributed by atoms with van der Waals surface area (Å²) in [5.74, 6) is -0.292. The van der Waals surface area contributed by atoms with Gasteiger partial charge in [-0.2, -0.15) is 9.65 Å². The molecule has 0 bridgehead atoms. The topological polar surface area (TPSA) is 23.8 Å². The average molecular weight is 347 g/mol. The zero-order valence-corrected chi connectivity index (χ0v) is 14.4. The van der Waals surface area contributed by atoms with E-state index in [9.17, 15) is 13.2 Å². The number of benzene rings is 1. The van der Waals surface area contributed by atoms with Gasteiger partial charge in [-0.25, -0.2) is 8.78 Å². The third-order valence-corrected chi connectivity index (χ3v) is 6.16. The predicted molar refractivity (Wildman–Crippen MR) is 91.3 cm³/mol. The molecule has 0 aliphatic heterocycles. The standard InChI is InChI=1S/C21H24F3N/c22-19(13-25)11-14-1-3-15(4-2-14)16-5-7-17(8-6-16)18-9-10-20(23)21(24)12-18/h9-12,14-17H,1-8H2/b19-11-. The fourth-order valence-electron chi connectivity index (χ4n) is 4.72. The van der Waals surface area contributed by atoms with Gasteiger partial charge in [-0.15, -0.1) is 0 Å². The van der Waals surface area contributed by atoms with Gasteiger partial charge in [0.25, 0.3) is 0 Å². The highest BCUT2D eigenvalue weighted by atomic mass is 19.2. The molecule has 0 radical (unpaired) electrons. The molecular weight excluding hydrogens is 323 g/mol. The molecule has 0 N–H and O–H groups in total. The lowest BCUT2D eigenvalue weighted by Gasteiger charge is -2.37. The summed E-state index contributed by atoms with van der Waals surface area (Å²) in [5.41, 5.74) is 0.915. The molecule has 0 saturated heterocycles. The van der Waals surface area contributed by atoms with Crippen LogP contribution in [0, 0.1) is 40.7 Å². The van der Waals surface area contributed by atoms with Crippen LogP contribution in [0.25, 0.3) is 0 Å². The number of halogens is 3. The molecule has 2 saturated carbocycles. The molecule has 2 aliphatic carbocycles. The Bertz CT molecular complexity index is 660. The summed E-state index contributed by atoms with van der Waals surface area (Å²) in [6.07, 6.45) is 9.91. The van der Waals surface area contributed by atoms with Crippen molar-refractivity contribution >= 4 is 0 Å². The summed E-state index contributed by atoms with van der Waals surface area (Å²) < 4.78 is 39.6. The maximum Gasteiger partial charge on any atom is 0.196 e. The van der Waals surface area contributed by atoms with Crippen molar-refractivity contribution in [3.8, 4) is 6.07 Å². The van der Waals surface area contributed by atoms with Gasteiger partial charge in [0.05, 0.1) is 0 Å². The van der Waals surface area contributed by atoms with Crippen LogP contribution in [0.3, 0.4) is 0 Å². The summed E-state index contributed by atoms with van der Waals surface area (Å²) in [7, 11) is 0. The lowest BCUT2D eigenvalue weighted by atomic mass is 9.68. The molecule has 2 aliphatic rings. The second kappa shape index (κ2) is 8.08. The summed E-state index contributed by atoms with van der Waals surface area (Å²) >= 11 is 0. The Balaban J connectivity index is 1.50. The minimum atomic E-state index is -0.781. The highest BCUT2D eigenvalue weighted by Crippen LogP contribution is 2.44. The Hall–Kier alpha value is -1.76. The number of nitrogens with zero attached hydrogens (tertiary/aromatic N) is 1. The van der Waals surface area contributed by atoms with Crippen molar-refractivity contribution in [2.75, 3.05) is 0 Å². The first-order valence-electron chi connectivity index (χ1n) is 9.29. The minimum Gasteiger partial charge on any atom is -0.204 e. The van der Waals surface area contributed by atoms with Crippen molar-refractivity contribution in [2.24, 2.45) is 17.8 Å². The van der Waals surface area contributed by atoms with E-state index >= 15 is 0 Å². The molecule has 1 aromatic carbocycles. The van der Waals surface area contributed by atoms with Gasteiger partial charge in [-0.3, -0.25) is 0 Å². The van der Waals surface area contributed by atoms with E-state index in [0.29, 0.717) is 17.8 Å². The number of allylic oxidation sites excluding steroid dienone is 2. The summed E-state index contributed by atoms with van der Waals surface area (Å²) in [5, 5.41) is 8.53. The molecule has 134 valence electrons. The molecule has 1 aromatic rings. The summed E-state index contributed by atoms with van der Waals surface area (Å²) in [6, 6.07) is 5.85. The van der Waals surface area contributed by atoms with Crippen molar-refractivity contribution in [2.45, 2.75) is 57.3 Å². The number of nitriles is 1. The van der Waals surface area contributed by atoms with Gasteiger partial charge in [0.15, 0.2) is 17.5 Å². The quantitative estimate of drug-likeness (QED) is 0.579. The van der Waals surface area contributed by atoms with Crippen LogP contribution in [0.15, 0.2) is 30.1 Å². The third kappa shape index (κ3) is 4.45. The third-order valence-electron chi connectivity index (χ3n) is 6.16. The maximum atomic E-state index is 13.4. The molecule has 0 amide bonds. The van der Waals surface area contributed by atoms with Crippen molar-refractivity contribution in [1.82, 2.24) is 0 Å². The second-order valence-corrected chi connectivity index (χ2v) is 7.59. The van der Waals surface area contributed by atoms with Crippen molar-refractivity contribution in [3.05, 3.63) is 47.3 Å². The Labute approximate surface area is 147 Å². The van der Waals surface area contributed by atoms with Crippen LogP contribution in [0.2, 0.25) is 0 Å². The van der Waals surface area contributed by atoms with Crippen molar-refractivity contribution < 1.29 is 13.2 Å². The van der Waals surface area contributed by atoms with Crippen LogP contribution >= 0.6 is 0 Å². The molecular formula is C21H24F3N. The predicted octanol–water partition coefficient (Wildman–Crippen LogP) is 6.42. The normalized spacial score (nSPS) is 30.7. The highest BCUT2D eigenvalue weighted by Gasteiger charge is 2.31. The van der Waals surface area contributed by atoms with Gasteiger partial charge < -0.3 is 0 Å². The highest BCUT2D eigenvalue weighted by molar-refractivity contribution is 5.22. The maximum absolute atomic E-state index is 13.4. The van der Waals surface area contributed by atoms with Gasteiger partial charge in [0, 0.05) is 0 Å². The Morgan fingerprint density at radius 2 is 1.52 bits per heavy atom. The van der Waals surface area contributed by atoms with E-state index in [4.69, 9.17) is 5.26 Å². The van der Waals surface area contributed by atoms with Gasteiger partial charge in [-0.1, -0.05) is 6.07 Å². The lowest BCUT2D eigenvalue weighted by molar-refractivity contribution is 0.171. The molecule has 0 unspecified atom stereocenters. The van der Waals surface area contributed by atoms with E-state index in [2.05, 4.69) is 0 Å². The van der Waals surface area contributed by atoms with Gasteiger partial charge >= 0.3 is 0 Å². The number of rotatable bonds is 3. The minimum absolute atomic E-state index is 0.203. The Morgan fingerprint density at radius 1 is 0.920 bits per heavy atom. The first-order chi connectivity index (χ1) is 12.1. The Morgan fingerprint density at radius 3 is 2.08 bits per heavy atom. The fraction of sp³-hybridized carbons (Fsp3) is 0.571.